The van der Waals surface area contributed by atoms with E-state index in [4.69, 9.17) is 10.8 Å². The zero-order chi connectivity index (χ0) is 11.8. The van der Waals surface area contributed by atoms with Crippen LogP contribution >= 0.6 is 15.9 Å². The number of nitrogens with two attached hydrogens (primary N) is 1. The predicted octanol–water partition coefficient (Wildman–Crippen LogP) is 2.50. The second-order valence-electron chi connectivity index (χ2n) is 3.40. The Kier molecular flexibility index (Phi) is 6.99. The van der Waals surface area contributed by atoms with Crippen molar-refractivity contribution in [1.82, 2.24) is 0 Å². The number of halogens is 1. The lowest BCUT2D eigenvalue weighted by Crippen LogP contribution is -2.34. The summed E-state index contributed by atoms with van der Waals surface area (Å²) in [5.41, 5.74) is 5.16. The van der Waals surface area contributed by atoms with Gasteiger partial charge in [-0.3, -0.25) is 4.79 Å². The average Bonchev–Trinajstić information content (AvgIpc) is 2.18. The quantitative estimate of drug-likeness (QED) is 0.870. The van der Waals surface area contributed by atoms with Crippen LogP contribution in [0.1, 0.15) is 13.8 Å². The molecular weight excluding hydrogens is 258 g/mol. The number of carbonyl (C=O) groups is 1. The smallest absolute Gasteiger partial charge is 0.320 e. The number of carboxylic acid groups (broad SMARTS) is 1. The molecule has 0 heterocycles. The van der Waals surface area contributed by atoms with Gasteiger partial charge in [0, 0.05) is 4.47 Å². The van der Waals surface area contributed by atoms with Crippen LogP contribution in [0.25, 0.3) is 0 Å². The van der Waals surface area contributed by atoms with Gasteiger partial charge in [-0.25, -0.2) is 0 Å². The molecule has 0 saturated heterocycles. The summed E-state index contributed by atoms with van der Waals surface area (Å²) in [6.07, 6.45) is 0. The normalized spacial score (nSPS) is 11.5. The van der Waals surface area contributed by atoms with Crippen molar-refractivity contribution in [1.29, 1.82) is 0 Å². The standard InChI is InChI=1S/C6H5Br.C5H11NO2/c7-6-4-2-1-3-5-6;1-3(2)4(6)5(7)8/h1-5H;3-4H,6H2,1-2H3,(H,7,8)/t;4-/m.0/s1. The van der Waals surface area contributed by atoms with Crippen molar-refractivity contribution in [3.8, 4) is 0 Å². The predicted molar refractivity (Wildman–Crippen MR) is 64.6 cm³/mol. The fourth-order valence-corrected chi connectivity index (χ4v) is 1.01. The van der Waals surface area contributed by atoms with Gasteiger partial charge in [0.2, 0.25) is 0 Å². The molecule has 0 radical (unpaired) electrons. The van der Waals surface area contributed by atoms with Crippen molar-refractivity contribution in [2.45, 2.75) is 19.9 Å². The third kappa shape index (κ3) is 7.11. The molecular formula is C11H16BrNO2. The summed E-state index contributed by atoms with van der Waals surface area (Å²) in [5.74, 6) is -0.910. The molecule has 0 unspecified atom stereocenters. The summed E-state index contributed by atoms with van der Waals surface area (Å²) in [6, 6.07) is 9.26. The lowest BCUT2D eigenvalue weighted by atomic mass is 10.1. The van der Waals surface area contributed by atoms with Crippen molar-refractivity contribution < 1.29 is 9.90 Å². The minimum Gasteiger partial charge on any atom is -0.480 e. The monoisotopic (exact) mass is 273 g/mol. The molecule has 0 aliphatic rings. The second kappa shape index (κ2) is 7.43. The van der Waals surface area contributed by atoms with Crippen LogP contribution in [0.4, 0.5) is 0 Å². The van der Waals surface area contributed by atoms with Crippen LogP contribution in [-0.4, -0.2) is 17.1 Å². The first kappa shape index (κ1) is 14.1. The van der Waals surface area contributed by atoms with Gasteiger partial charge >= 0.3 is 5.97 Å². The molecule has 0 saturated carbocycles. The molecule has 0 spiro atoms. The molecule has 1 aromatic carbocycles. The Labute approximate surface area is 98.4 Å². The van der Waals surface area contributed by atoms with Crippen molar-refractivity contribution in [3.63, 3.8) is 0 Å². The lowest BCUT2D eigenvalue weighted by Gasteiger charge is -2.07. The lowest BCUT2D eigenvalue weighted by molar-refractivity contribution is -0.139. The van der Waals surface area contributed by atoms with Crippen LogP contribution in [0.5, 0.6) is 0 Å². The van der Waals surface area contributed by atoms with Crippen molar-refractivity contribution in [2.24, 2.45) is 11.7 Å². The SMILES string of the molecule is Brc1ccccc1.CC(C)[C@H](N)C(=O)O. The van der Waals surface area contributed by atoms with Gasteiger partial charge in [-0.15, -0.1) is 0 Å². The molecule has 0 aliphatic carbocycles. The van der Waals surface area contributed by atoms with Gasteiger partial charge in [-0.1, -0.05) is 48.0 Å². The van der Waals surface area contributed by atoms with Crippen molar-refractivity contribution in [3.05, 3.63) is 34.8 Å². The van der Waals surface area contributed by atoms with Gasteiger partial charge in [-0.2, -0.15) is 0 Å². The van der Waals surface area contributed by atoms with E-state index in [2.05, 4.69) is 15.9 Å². The average molecular weight is 274 g/mol. The van der Waals surface area contributed by atoms with Crippen LogP contribution in [-0.2, 0) is 4.79 Å². The highest BCUT2D eigenvalue weighted by molar-refractivity contribution is 9.10. The van der Waals surface area contributed by atoms with Crippen LogP contribution in [0.15, 0.2) is 34.8 Å². The molecule has 0 amide bonds. The number of hydrogen-bond donors (Lipinski definition) is 2. The molecule has 1 aromatic rings. The van der Waals surface area contributed by atoms with E-state index in [1.807, 2.05) is 30.3 Å². The van der Waals surface area contributed by atoms with E-state index in [9.17, 15) is 4.79 Å². The molecule has 1 rings (SSSR count). The summed E-state index contributed by atoms with van der Waals surface area (Å²) in [4.78, 5) is 10.0. The zero-order valence-corrected chi connectivity index (χ0v) is 10.4. The van der Waals surface area contributed by atoms with Crippen LogP contribution in [0.2, 0.25) is 0 Å². The fourth-order valence-electron chi connectivity index (χ4n) is 0.700. The molecule has 84 valence electrons. The third-order valence-electron chi connectivity index (χ3n) is 1.74. The Morgan fingerprint density at radius 2 is 1.80 bits per heavy atom. The number of rotatable bonds is 2. The first-order valence-corrected chi connectivity index (χ1v) is 5.43. The van der Waals surface area contributed by atoms with E-state index in [1.165, 1.54) is 0 Å². The Morgan fingerprint density at radius 1 is 1.33 bits per heavy atom. The molecule has 0 bridgehead atoms. The van der Waals surface area contributed by atoms with Gasteiger partial charge < -0.3 is 10.8 Å². The van der Waals surface area contributed by atoms with Crippen LogP contribution in [0.3, 0.4) is 0 Å². The van der Waals surface area contributed by atoms with E-state index in [-0.39, 0.29) is 5.92 Å². The number of hydrogen-bond acceptors (Lipinski definition) is 2. The van der Waals surface area contributed by atoms with Gasteiger partial charge in [0.1, 0.15) is 6.04 Å². The summed E-state index contributed by atoms with van der Waals surface area (Å²) in [6.45, 7) is 3.55. The van der Waals surface area contributed by atoms with Crippen LogP contribution in [0, 0.1) is 5.92 Å². The Morgan fingerprint density at radius 3 is 1.93 bits per heavy atom. The Bertz CT molecular complexity index is 288. The maximum atomic E-state index is 10.0. The topological polar surface area (TPSA) is 63.3 Å². The fraction of sp³-hybridized carbons (Fsp3) is 0.364. The molecule has 1 atom stereocenters. The first-order valence-electron chi connectivity index (χ1n) is 4.64. The largest absolute Gasteiger partial charge is 0.480 e. The maximum absolute atomic E-state index is 10.0. The summed E-state index contributed by atoms with van der Waals surface area (Å²) in [7, 11) is 0. The molecule has 15 heavy (non-hydrogen) atoms. The van der Waals surface area contributed by atoms with Crippen molar-refractivity contribution >= 4 is 21.9 Å². The number of aliphatic carboxylic acids is 1. The number of carboxylic acids is 1. The molecule has 0 aromatic heterocycles. The zero-order valence-electron chi connectivity index (χ0n) is 8.85. The third-order valence-corrected chi connectivity index (χ3v) is 2.27. The Balaban J connectivity index is 0.000000262. The van der Waals surface area contributed by atoms with Gasteiger partial charge in [-0.05, 0) is 18.1 Å². The second-order valence-corrected chi connectivity index (χ2v) is 4.32. The minimum absolute atomic E-state index is 0.0208. The van der Waals surface area contributed by atoms with E-state index in [1.54, 1.807) is 13.8 Å². The highest BCUT2D eigenvalue weighted by atomic mass is 79.9. The summed E-state index contributed by atoms with van der Waals surface area (Å²) >= 11 is 3.31. The Hall–Kier alpha value is -0.870. The molecule has 0 fully saturated rings. The summed E-state index contributed by atoms with van der Waals surface area (Å²) < 4.78 is 1.13. The van der Waals surface area contributed by atoms with E-state index in [0.717, 1.165) is 4.47 Å². The highest BCUT2D eigenvalue weighted by Gasteiger charge is 2.14. The number of benzene rings is 1. The summed E-state index contributed by atoms with van der Waals surface area (Å²) in [5, 5.41) is 8.23. The van der Waals surface area contributed by atoms with E-state index >= 15 is 0 Å². The van der Waals surface area contributed by atoms with E-state index < -0.39 is 12.0 Å². The highest BCUT2D eigenvalue weighted by Crippen LogP contribution is 2.05. The van der Waals surface area contributed by atoms with Gasteiger partial charge in [0.15, 0.2) is 0 Å². The van der Waals surface area contributed by atoms with E-state index in [0.29, 0.717) is 0 Å². The molecule has 3 N–H and O–H groups in total. The molecule has 0 aliphatic heterocycles. The van der Waals surface area contributed by atoms with Gasteiger partial charge in [0.25, 0.3) is 0 Å². The molecule has 3 nitrogen and oxygen atoms in total. The first-order chi connectivity index (χ1) is 6.95. The molecule has 4 heteroatoms. The minimum atomic E-state index is -0.931. The maximum Gasteiger partial charge on any atom is 0.320 e. The van der Waals surface area contributed by atoms with Gasteiger partial charge in [0.05, 0.1) is 0 Å². The van der Waals surface area contributed by atoms with Crippen LogP contribution < -0.4 is 5.73 Å². The van der Waals surface area contributed by atoms with Crippen molar-refractivity contribution in [2.75, 3.05) is 0 Å².